The number of phenolic OH excluding ortho intramolecular Hbond substituents is 2. The van der Waals surface area contributed by atoms with Crippen LogP contribution in [0.5, 0.6) is 23.0 Å². The van der Waals surface area contributed by atoms with Crippen molar-refractivity contribution in [1.82, 2.24) is 0 Å². The predicted octanol–water partition coefficient (Wildman–Crippen LogP) is 4.12. The maximum atomic E-state index is 12.8. The quantitative estimate of drug-likeness (QED) is 0.650. The zero-order valence-corrected chi connectivity index (χ0v) is 13.2. The van der Waals surface area contributed by atoms with Gasteiger partial charge in [-0.1, -0.05) is 36.4 Å². The van der Waals surface area contributed by atoms with Crippen molar-refractivity contribution < 1.29 is 19.7 Å². The fraction of sp³-hybridized carbons (Fsp3) is 0.0952. The fourth-order valence-electron chi connectivity index (χ4n) is 4.17. The maximum absolute atomic E-state index is 12.8. The van der Waals surface area contributed by atoms with E-state index in [4.69, 9.17) is 4.74 Å². The van der Waals surface area contributed by atoms with Crippen LogP contribution in [0.2, 0.25) is 0 Å². The smallest absolute Gasteiger partial charge is 0.164 e. The van der Waals surface area contributed by atoms with Gasteiger partial charge in [-0.3, -0.25) is 4.79 Å². The van der Waals surface area contributed by atoms with Crippen LogP contribution in [0.15, 0.2) is 60.7 Å². The average molecular weight is 330 g/mol. The number of carbonyl (C=O) groups is 1. The minimum absolute atomic E-state index is 0.0792. The molecule has 0 aromatic heterocycles. The SMILES string of the molecule is O=C1CC2(c3ccc(O)cc3Oc3cc(O)ccc32)c2ccccc21. The number of aromatic hydroxyl groups is 2. The first-order valence-electron chi connectivity index (χ1n) is 8.07. The van der Waals surface area contributed by atoms with Crippen LogP contribution < -0.4 is 4.74 Å². The molecule has 2 N–H and O–H groups in total. The van der Waals surface area contributed by atoms with Crippen LogP contribution in [-0.4, -0.2) is 16.0 Å². The van der Waals surface area contributed by atoms with E-state index in [2.05, 4.69) is 0 Å². The number of benzene rings is 3. The van der Waals surface area contributed by atoms with E-state index in [9.17, 15) is 15.0 Å². The molecule has 0 saturated heterocycles. The highest BCUT2D eigenvalue weighted by Crippen LogP contribution is 2.58. The highest BCUT2D eigenvalue weighted by molar-refractivity contribution is 6.04. The molecule has 1 spiro atoms. The topological polar surface area (TPSA) is 66.8 Å². The Kier molecular flexibility index (Phi) is 2.61. The molecule has 3 aromatic rings. The largest absolute Gasteiger partial charge is 0.508 e. The summed E-state index contributed by atoms with van der Waals surface area (Å²) in [5.41, 5.74) is 2.67. The van der Waals surface area contributed by atoms with Crippen LogP contribution in [-0.2, 0) is 5.41 Å². The molecular formula is C21H14O4. The molecular weight excluding hydrogens is 316 g/mol. The molecule has 0 bridgehead atoms. The van der Waals surface area contributed by atoms with Crippen molar-refractivity contribution in [3.63, 3.8) is 0 Å². The number of hydrogen-bond acceptors (Lipinski definition) is 4. The summed E-state index contributed by atoms with van der Waals surface area (Å²) in [6.07, 6.45) is 0.297. The van der Waals surface area contributed by atoms with Crippen molar-refractivity contribution in [3.05, 3.63) is 82.9 Å². The molecule has 0 amide bonds. The van der Waals surface area contributed by atoms with Crippen molar-refractivity contribution in [1.29, 1.82) is 0 Å². The van der Waals surface area contributed by atoms with E-state index < -0.39 is 5.41 Å². The van der Waals surface area contributed by atoms with Gasteiger partial charge in [-0.15, -0.1) is 0 Å². The summed E-state index contributed by atoms with van der Waals surface area (Å²) in [5.74, 6) is 1.27. The maximum Gasteiger partial charge on any atom is 0.164 e. The lowest BCUT2D eigenvalue weighted by molar-refractivity contribution is 0.0983. The van der Waals surface area contributed by atoms with Gasteiger partial charge in [-0.25, -0.2) is 0 Å². The minimum Gasteiger partial charge on any atom is -0.508 e. The zero-order valence-electron chi connectivity index (χ0n) is 13.2. The number of ether oxygens (including phenoxy) is 1. The van der Waals surface area contributed by atoms with Crippen LogP contribution in [0.3, 0.4) is 0 Å². The molecule has 0 unspecified atom stereocenters. The lowest BCUT2D eigenvalue weighted by Crippen LogP contribution is -2.30. The summed E-state index contributed by atoms with van der Waals surface area (Å²) >= 11 is 0. The predicted molar refractivity (Wildman–Crippen MR) is 91.6 cm³/mol. The number of rotatable bonds is 0. The van der Waals surface area contributed by atoms with E-state index in [1.165, 1.54) is 0 Å². The number of fused-ring (bicyclic) bond motifs is 6. The van der Waals surface area contributed by atoms with Gasteiger partial charge in [-0.05, 0) is 17.7 Å². The van der Waals surface area contributed by atoms with Crippen molar-refractivity contribution in [2.45, 2.75) is 11.8 Å². The molecule has 4 nitrogen and oxygen atoms in total. The number of Topliss-reactive ketones (excluding diaryl/α,β-unsaturated/α-hetero) is 1. The number of ketones is 1. The first-order chi connectivity index (χ1) is 12.1. The van der Waals surface area contributed by atoms with Gasteiger partial charge in [0.25, 0.3) is 0 Å². The summed E-state index contributed by atoms with van der Waals surface area (Å²) in [4.78, 5) is 12.8. The number of phenols is 2. The van der Waals surface area contributed by atoms with E-state index >= 15 is 0 Å². The third-order valence-corrected chi connectivity index (χ3v) is 5.18. The van der Waals surface area contributed by atoms with Crippen LogP contribution in [0, 0.1) is 0 Å². The Morgan fingerprint density at radius 3 is 2.04 bits per heavy atom. The van der Waals surface area contributed by atoms with Crippen LogP contribution in [0.25, 0.3) is 0 Å². The zero-order chi connectivity index (χ0) is 17.2. The fourth-order valence-corrected chi connectivity index (χ4v) is 4.17. The van der Waals surface area contributed by atoms with Gasteiger partial charge in [0.2, 0.25) is 0 Å². The second-order valence-corrected chi connectivity index (χ2v) is 6.51. The number of carbonyl (C=O) groups excluding carboxylic acids is 1. The van der Waals surface area contributed by atoms with Gasteiger partial charge >= 0.3 is 0 Å². The molecule has 0 fully saturated rings. The Hall–Kier alpha value is -3.27. The summed E-state index contributed by atoms with van der Waals surface area (Å²) in [7, 11) is 0. The molecule has 1 heterocycles. The summed E-state index contributed by atoms with van der Waals surface area (Å²) < 4.78 is 5.94. The Morgan fingerprint density at radius 1 is 0.800 bits per heavy atom. The van der Waals surface area contributed by atoms with Crippen LogP contribution in [0.4, 0.5) is 0 Å². The highest BCUT2D eigenvalue weighted by atomic mass is 16.5. The Morgan fingerprint density at radius 2 is 1.40 bits per heavy atom. The third-order valence-electron chi connectivity index (χ3n) is 5.18. The second-order valence-electron chi connectivity index (χ2n) is 6.51. The van der Waals surface area contributed by atoms with E-state index in [-0.39, 0.29) is 17.3 Å². The van der Waals surface area contributed by atoms with Gasteiger partial charge in [0.1, 0.15) is 23.0 Å². The van der Waals surface area contributed by atoms with Crippen LogP contribution in [0.1, 0.15) is 33.5 Å². The van der Waals surface area contributed by atoms with Gasteiger partial charge in [0.05, 0.1) is 5.41 Å². The Balaban J connectivity index is 1.91. The van der Waals surface area contributed by atoms with Crippen molar-refractivity contribution in [2.24, 2.45) is 0 Å². The molecule has 0 saturated carbocycles. The van der Waals surface area contributed by atoms with Crippen molar-refractivity contribution in [3.8, 4) is 23.0 Å². The van der Waals surface area contributed by atoms with Gasteiger partial charge in [0.15, 0.2) is 5.78 Å². The van der Waals surface area contributed by atoms with Gasteiger partial charge in [0, 0.05) is 35.2 Å². The molecule has 1 aliphatic heterocycles. The van der Waals surface area contributed by atoms with Gasteiger partial charge < -0.3 is 14.9 Å². The normalized spacial score (nSPS) is 16.1. The first kappa shape index (κ1) is 14.1. The Bertz CT molecular complexity index is 1000. The number of hydrogen-bond donors (Lipinski definition) is 2. The highest BCUT2D eigenvalue weighted by Gasteiger charge is 2.50. The molecule has 4 heteroatoms. The molecule has 2 aliphatic rings. The van der Waals surface area contributed by atoms with Gasteiger partial charge in [-0.2, -0.15) is 0 Å². The second kappa shape index (κ2) is 4.63. The molecule has 1 aliphatic carbocycles. The molecule has 122 valence electrons. The third kappa shape index (κ3) is 1.74. The molecule has 5 rings (SSSR count). The standard InChI is InChI=1S/C21H14O4/c22-12-5-7-16-19(9-12)25-20-10-13(23)6-8-17(20)21(16)11-18(24)14-3-1-2-4-15(14)21/h1-10,22-23H,11H2. The molecule has 25 heavy (non-hydrogen) atoms. The Labute approximate surface area is 143 Å². The summed E-state index contributed by atoms with van der Waals surface area (Å²) in [6, 6.07) is 17.6. The molecule has 3 aromatic carbocycles. The van der Waals surface area contributed by atoms with Crippen molar-refractivity contribution >= 4 is 5.78 Å². The summed E-state index contributed by atoms with van der Waals surface area (Å²) in [5, 5.41) is 19.7. The molecule has 0 radical (unpaired) electrons. The lowest BCUT2D eigenvalue weighted by Gasteiger charge is -2.37. The monoisotopic (exact) mass is 330 g/mol. The van der Waals surface area contributed by atoms with Crippen molar-refractivity contribution in [2.75, 3.05) is 0 Å². The first-order valence-corrected chi connectivity index (χ1v) is 8.07. The van der Waals surface area contributed by atoms with E-state index in [0.717, 1.165) is 16.7 Å². The lowest BCUT2D eigenvalue weighted by atomic mass is 9.68. The average Bonchev–Trinajstić information content (AvgIpc) is 2.88. The van der Waals surface area contributed by atoms with E-state index in [0.29, 0.717) is 23.5 Å². The summed E-state index contributed by atoms with van der Waals surface area (Å²) in [6.45, 7) is 0. The van der Waals surface area contributed by atoms with E-state index in [1.54, 1.807) is 24.3 Å². The minimum atomic E-state index is -0.669. The van der Waals surface area contributed by atoms with Crippen LogP contribution >= 0.6 is 0 Å². The molecule has 0 atom stereocenters. The van der Waals surface area contributed by atoms with E-state index in [1.807, 2.05) is 36.4 Å².